The van der Waals surface area contributed by atoms with Crippen molar-refractivity contribution in [2.75, 3.05) is 27.9 Å². The van der Waals surface area contributed by atoms with Crippen LogP contribution in [-0.4, -0.2) is 44.9 Å². The molecule has 0 spiro atoms. The quantitative estimate of drug-likeness (QED) is 0.478. The highest BCUT2D eigenvalue weighted by molar-refractivity contribution is 4.73. The van der Waals surface area contributed by atoms with E-state index in [2.05, 4.69) is 0 Å². The summed E-state index contributed by atoms with van der Waals surface area (Å²) in [5, 5.41) is 9.96. The highest BCUT2D eigenvalue weighted by Gasteiger charge is 2.24. The van der Waals surface area contributed by atoms with E-state index in [4.69, 9.17) is 14.2 Å². The summed E-state index contributed by atoms with van der Waals surface area (Å²) in [6.45, 7) is 2.45. The van der Waals surface area contributed by atoms with E-state index in [1.807, 2.05) is 0 Å². The molecule has 4 heteroatoms. The Morgan fingerprint density at radius 1 is 1.21 bits per heavy atom. The van der Waals surface area contributed by atoms with Gasteiger partial charge in [0.05, 0.1) is 5.60 Å². The van der Waals surface area contributed by atoms with E-state index in [1.165, 1.54) is 0 Å². The van der Waals surface area contributed by atoms with Crippen LogP contribution in [0.3, 0.4) is 0 Å². The lowest BCUT2D eigenvalue weighted by Crippen LogP contribution is -2.32. The third-order valence-electron chi connectivity index (χ3n) is 2.20. The van der Waals surface area contributed by atoms with Crippen LogP contribution in [0.25, 0.3) is 0 Å². The molecule has 0 aromatic carbocycles. The van der Waals surface area contributed by atoms with Gasteiger partial charge < -0.3 is 19.3 Å². The SMILES string of the molecule is COCCCC(C)(O)CC(OC)OC. The minimum absolute atomic E-state index is 0.340. The molecule has 0 amide bonds. The van der Waals surface area contributed by atoms with E-state index in [0.29, 0.717) is 19.4 Å². The summed E-state index contributed by atoms with van der Waals surface area (Å²) >= 11 is 0. The first-order chi connectivity index (χ1) is 6.55. The zero-order chi connectivity index (χ0) is 11.0. The lowest BCUT2D eigenvalue weighted by atomic mass is 9.96. The van der Waals surface area contributed by atoms with Gasteiger partial charge in [0.15, 0.2) is 6.29 Å². The summed E-state index contributed by atoms with van der Waals surface area (Å²) in [7, 11) is 4.79. The molecule has 0 aliphatic carbocycles. The lowest BCUT2D eigenvalue weighted by Gasteiger charge is -2.26. The van der Waals surface area contributed by atoms with Crippen molar-refractivity contribution in [1.82, 2.24) is 0 Å². The van der Waals surface area contributed by atoms with Crippen molar-refractivity contribution in [1.29, 1.82) is 0 Å². The molecule has 0 aromatic rings. The lowest BCUT2D eigenvalue weighted by molar-refractivity contribution is -0.142. The Kier molecular flexibility index (Phi) is 7.09. The van der Waals surface area contributed by atoms with E-state index < -0.39 is 5.60 Å². The van der Waals surface area contributed by atoms with Gasteiger partial charge in [0, 0.05) is 34.4 Å². The van der Waals surface area contributed by atoms with Crippen LogP contribution in [0.1, 0.15) is 26.2 Å². The number of hydrogen-bond acceptors (Lipinski definition) is 4. The highest BCUT2D eigenvalue weighted by Crippen LogP contribution is 2.20. The fourth-order valence-electron chi connectivity index (χ4n) is 1.32. The Bertz CT molecular complexity index is 132. The summed E-state index contributed by atoms with van der Waals surface area (Å²) in [6.07, 6.45) is 1.66. The van der Waals surface area contributed by atoms with Crippen LogP contribution in [0, 0.1) is 0 Å². The highest BCUT2D eigenvalue weighted by atomic mass is 16.7. The average molecular weight is 206 g/mol. The molecule has 86 valence electrons. The molecular weight excluding hydrogens is 184 g/mol. The second-order valence-corrected chi connectivity index (χ2v) is 3.70. The fourth-order valence-corrected chi connectivity index (χ4v) is 1.32. The van der Waals surface area contributed by atoms with E-state index in [0.717, 1.165) is 6.42 Å². The molecule has 0 aliphatic heterocycles. The molecule has 0 bridgehead atoms. The van der Waals surface area contributed by atoms with Crippen LogP contribution >= 0.6 is 0 Å². The average Bonchev–Trinajstić information content (AvgIpc) is 2.14. The minimum Gasteiger partial charge on any atom is -0.390 e. The van der Waals surface area contributed by atoms with Crippen LogP contribution in [0.5, 0.6) is 0 Å². The van der Waals surface area contributed by atoms with Gasteiger partial charge in [-0.2, -0.15) is 0 Å². The molecule has 0 heterocycles. The molecule has 1 atom stereocenters. The first-order valence-electron chi connectivity index (χ1n) is 4.82. The fraction of sp³-hybridized carbons (Fsp3) is 1.00. The summed E-state index contributed by atoms with van der Waals surface area (Å²) in [6, 6.07) is 0. The van der Waals surface area contributed by atoms with Crippen molar-refractivity contribution in [3.63, 3.8) is 0 Å². The molecule has 0 saturated carbocycles. The Hall–Kier alpha value is -0.160. The Morgan fingerprint density at radius 3 is 2.21 bits per heavy atom. The van der Waals surface area contributed by atoms with Crippen molar-refractivity contribution in [2.45, 2.75) is 38.1 Å². The predicted molar refractivity (Wildman–Crippen MR) is 54.2 cm³/mol. The van der Waals surface area contributed by atoms with Crippen molar-refractivity contribution < 1.29 is 19.3 Å². The predicted octanol–water partition coefficient (Wildman–Crippen LogP) is 1.17. The number of ether oxygens (including phenoxy) is 3. The Morgan fingerprint density at radius 2 is 1.79 bits per heavy atom. The molecule has 1 unspecified atom stereocenters. The van der Waals surface area contributed by atoms with Gasteiger partial charge in [0.1, 0.15) is 0 Å². The second kappa shape index (κ2) is 7.17. The molecule has 0 aliphatic rings. The normalized spacial score (nSPS) is 15.9. The molecule has 0 fully saturated rings. The standard InChI is InChI=1S/C10H22O4/c1-10(11,6-5-7-12-2)8-9(13-3)14-4/h9,11H,5-8H2,1-4H3. The van der Waals surface area contributed by atoms with E-state index in [1.54, 1.807) is 28.3 Å². The molecule has 14 heavy (non-hydrogen) atoms. The van der Waals surface area contributed by atoms with Gasteiger partial charge in [0.25, 0.3) is 0 Å². The van der Waals surface area contributed by atoms with Crippen molar-refractivity contribution in [3.8, 4) is 0 Å². The number of aliphatic hydroxyl groups is 1. The maximum atomic E-state index is 9.96. The summed E-state index contributed by atoms with van der Waals surface area (Å²) in [4.78, 5) is 0. The Labute approximate surface area is 86.2 Å². The van der Waals surface area contributed by atoms with E-state index in [-0.39, 0.29) is 6.29 Å². The zero-order valence-corrected chi connectivity index (χ0v) is 9.58. The van der Waals surface area contributed by atoms with Gasteiger partial charge in [-0.15, -0.1) is 0 Å². The summed E-state index contributed by atoms with van der Waals surface area (Å²) < 4.78 is 15.0. The van der Waals surface area contributed by atoms with Gasteiger partial charge in [-0.05, 0) is 19.8 Å². The molecule has 4 nitrogen and oxygen atoms in total. The second-order valence-electron chi connectivity index (χ2n) is 3.70. The summed E-state index contributed by atoms with van der Waals surface area (Å²) in [5.41, 5.74) is -0.755. The van der Waals surface area contributed by atoms with Crippen LogP contribution < -0.4 is 0 Å². The minimum atomic E-state index is -0.755. The number of rotatable bonds is 8. The third-order valence-corrected chi connectivity index (χ3v) is 2.20. The largest absolute Gasteiger partial charge is 0.390 e. The first kappa shape index (κ1) is 13.8. The van der Waals surface area contributed by atoms with Crippen molar-refractivity contribution >= 4 is 0 Å². The van der Waals surface area contributed by atoms with Gasteiger partial charge in [-0.1, -0.05) is 0 Å². The van der Waals surface area contributed by atoms with Crippen LogP contribution in [-0.2, 0) is 14.2 Å². The van der Waals surface area contributed by atoms with E-state index >= 15 is 0 Å². The van der Waals surface area contributed by atoms with Gasteiger partial charge in [-0.25, -0.2) is 0 Å². The maximum Gasteiger partial charge on any atom is 0.159 e. The smallest absolute Gasteiger partial charge is 0.159 e. The maximum absolute atomic E-state index is 9.96. The Balaban J connectivity index is 3.79. The zero-order valence-electron chi connectivity index (χ0n) is 9.58. The third kappa shape index (κ3) is 6.32. The number of hydrogen-bond donors (Lipinski definition) is 1. The number of methoxy groups -OCH3 is 3. The molecular formula is C10H22O4. The van der Waals surface area contributed by atoms with Gasteiger partial charge in [0.2, 0.25) is 0 Å². The first-order valence-corrected chi connectivity index (χ1v) is 4.82. The van der Waals surface area contributed by atoms with E-state index in [9.17, 15) is 5.11 Å². The summed E-state index contributed by atoms with van der Waals surface area (Å²) in [5.74, 6) is 0. The van der Waals surface area contributed by atoms with Gasteiger partial charge >= 0.3 is 0 Å². The van der Waals surface area contributed by atoms with Crippen LogP contribution in [0.15, 0.2) is 0 Å². The molecule has 0 rings (SSSR count). The van der Waals surface area contributed by atoms with Crippen LogP contribution in [0.2, 0.25) is 0 Å². The topological polar surface area (TPSA) is 47.9 Å². The molecule has 0 aromatic heterocycles. The van der Waals surface area contributed by atoms with Crippen LogP contribution in [0.4, 0.5) is 0 Å². The monoisotopic (exact) mass is 206 g/mol. The molecule has 0 saturated heterocycles. The molecule has 1 N–H and O–H groups in total. The van der Waals surface area contributed by atoms with Crippen molar-refractivity contribution in [3.05, 3.63) is 0 Å². The molecule has 0 radical (unpaired) electrons. The van der Waals surface area contributed by atoms with Crippen molar-refractivity contribution in [2.24, 2.45) is 0 Å². The van der Waals surface area contributed by atoms with Gasteiger partial charge in [-0.3, -0.25) is 0 Å².